The lowest BCUT2D eigenvalue weighted by atomic mass is 10.1. The highest BCUT2D eigenvalue weighted by Crippen LogP contribution is 2.40. The van der Waals surface area contributed by atoms with E-state index >= 15 is 0 Å². The highest BCUT2D eigenvalue weighted by atomic mass is 16.3. The Bertz CT molecular complexity index is 2810. The summed E-state index contributed by atoms with van der Waals surface area (Å²) in [5.74, 6) is 2.06. The van der Waals surface area contributed by atoms with Crippen LogP contribution in [0.3, 0.4) is 0 Å². The predicted octanol–water partition coefficient (Wildman–Crippen LogP) is 10.3. The van der Waals surface area contributed by atoms with Gasteiger partial charge in [-0.25, -0.2) is 24.9 Å². The first kappa shape index (κ1) is 28.1. The van der Waals surface area contributed by atoms with Gasteiger partial charge in [-0.1, -0.05) is 121 Å². The highest BCUT2D eigenvalue weighted by molar-refractivity contribution is 6.16. The molecule has 0 N–H and O–H groups in total. The average Bonchev–Trinajstić information content (AvgIpc) is 3.74. The fourth-order valence-corrected chi connectivity index (χ4v) is 6.84. The Labute approximate surface area is 286 Å². The quantitative estimate of drug-likeness (QED) is 0.186. The molecule has 0 aliphatic rings. The lowest BCUT2D eigenvalue weighted by Crippen LogP contribution is -2.03. The van der Waals surface area contributed by atoms with Crippen LogP contribution in [0.4, 0.5) is 0 Å². The number of furan rings is 1. The van der Waals surface area contributed by atoms with Crippen LogP contribution in [0.5, 0.6) is 0 Å². The average molecular weight is 643 g/mol. The third-order valence-electron chi connectivity index (χ3n) is 9.08. The Balaban J connectivity index is 1.29. The summed E-state index contributed by atoms with van der Waals surface area (Å²) in [6, 6.07) is 53.0. The molecule has 0 amide bonds. The maximum atomic E-state index is 6.51. The smallest absolute Gasteiger partial charge is 0.186 e. The SMILES string of the molecule is c1ccc(-c2nc(-c3ccccc3)nc(-c3nc(-c4cccc5c4c4ccccc4n5-c4ccccc4)nc4c3oc3ccccc34)n2)cc1. The Hall–Kier alpha value is -6.99. The van der Waals surface area contributed by atoms with Crippen LogP contribution >= 0.6 is 0 Å². The van der Waals surface area contributed by atoms with E-state index in [4.69, 9.17) is 29.3 Å². The number of fused-ring (bicyclic) bond motifs is 6. The van der Waals surface area contributed by atoms with Crippen molar-refractivity contribution >= 4 is 43.9 Å². The van der Waals surface area contributed by atoms with E-state index in [0.29, 0.717) is 40.1 Å². The molecule has 6 aromatic carbocycles. The molecule has 0 aliphatic carbocycles. The maximum absolute atomic E-state index is 6.51. The molecular formula is C43H26N6O. The number of para-hydroxylation sites is 3. The first-order valence-electron chi connectivity index (χ1n) is 16.4. The second-order valence-corrected chi connectivity index (χ2v) is 12.1. The summed E-state index contributed by atoms with van der Waals surface area (Å²) in [5, 5.41) is 3.07. The van der Waals surface area contributed by atoms with Crippen LogP contribution in [0, 0.1) is 0 Å². The molecule has 0 spiro atoms. The van der Waals surface area contributed by atoms with Crippen LogP contribution in [0.15, 0.2) is 162 Å². The number of benzene rings is 6. The van der Waals surface area contributed by atoms with Gasteiger partial charge in [0.15, 0.2) is 34.6 Å². The molecule has 0 saturated carbocycles. The molecule has 0 fully saturated rings. The fraction of sp³-hybridized carbons (Fsp3) is 0. The summed E-state index contributed by atoms with van der Waals surface area (Å²) in [6.07, 6.45) is 0. The second-order valence-electron chi connectivity index (χ2n) is 12.1. The molecule has 50 heavy (non-hydrogen) atoms. The molecule has 7 nitrogen and oxygen atoms in total. The Morgan fingerprint density at radius 3 is 1.72 bits per heavy atom. The molecule has 7 heteroatoms. The van der Waals surface area contributed by atoms with Crippen molar-refractivity contribution < 1.29 is 4.42 Å². The molecule has 234 valence electrons. The third-order valence-corrected chi connectivity index (χ3v) is 9.08. The minimum atomic E-state index is 0.407. The zero-order valence-electron chi connectivity index (χ0n) is 26.6. The molecule has 0 bridgehead atoms. The summed E-state index contributed by atoms with van der Waals surface area (Å²) < 4.78 is 8.81. The van der Waals surface area contributed by atoms with Gasteiger partial charge in [-0.3, -0.25) is 0 Å². The van der Waals surface area contributed by atoms with Crippen molar-refractivity contribution in [1.82, 2.24) is 29.5 Å². The number of aromatic nitrogens is 6. The van der Waals surface area contributed by atoms with Crippen LogP contribution < -0.4 is 0 Å². The molecule has 4 heterocycles. The van der Waals surface area contributed by atoms with Gasteiger partial charge in [0.25, 0.3) is 0 Å². The number of hydrogen-bond donors (Lipinski definition) is 0. The molecule has 10 rings (SSSR count). The van der Waals surface area contributed by atoms with Gasteiger partial charge in [0, 0.05) is 38.5 Å². The van der Waals surface area contributed by atoms with Crippen molar-refractivity contribution in [2.75, 3.05) is 0 Å². The van der Waals surface area contributed by atoms with E-state index in [0.717, 1.165) is 55.2 Å². The van der Waals surface area contributed by atoms with Gasteiger partial charge in [-0.15, -0.1) is 0 Å². The van der Waals surface area contributed by atoms with Crippen LogP contribution in [-0.2, 0) is 0 Å². The lowest BCUT2D eigenvalue weighted by molar-refractivity contribution is 0.666. The van der Waals surface area contributed by atoms with E-state index < -0.39 is 0 Å². The van der Waals surface area contributed by atoms with E-state index in [-0.39, 0.29) is 0 Å². The van der Waals surface area contributed by atoms with Gasteiger partial charge in [-0.05, 0) is 36.4 Å². The predicted molar refractivity (Wildman–Crippen MR) is 199 cm³/mol. The van der Waals surface area contributed by atoms with Crippen molar-refractivity contribution in [2.24, 2.45) is 0 Å². The van der Waals surface area contributed by atoms with E-state index in [2.05, 4.69) is 71.3 Å². The van der Waals surface area contributed by atoms with E-state index in [9.17, 15) is 0 Å². The fourth-order valence-electron chi connectivity index (χ4n) is 6.84. The molecule has 0 unspecified atom stereocenters. The van der Waals surface area contributed by atoms with Gasteiger partial charge in [0.2, 0.25) is 0 Å². The van der Waals surface area contributed by atoms with Crippen molar-refractivity contribution in [2.45, 2.75) is 0 Å². The first-order valence-corrected chi connectivity index (χ1v) is 16.4. The molecular weight excluding hydrogens is 617 g/mol. The van der Waals surface area contributed by atoms with Gasteiger partial charge < -0.3 is 8.98 Å². The summed E-state index contributed by atoms with van der Waals surface area (Å²) >= 11 is 0. The standard InChI is InChI=1S/C43H26N6O/c1-4-15-27(16-5-1)40-46-41(28-17-6-2-7-18-28)48-43(47-40)38-39-37(31-22-11-13-26-35(31)50-39)44-42(45-38)32-23-14-25-34-36(32)30-21-10-12-24-33(30)49(34)29-19-8-3-9-20-29/h1-26H. The molecule has 10 aromatic rings. The Morgan fingerprint density at radius 1 is 0.420 bits per heavy atom. The highest BCUT2D eigenvalue weighted by Gasteiger charge is 2.24. The number of nitrogens with zero attached hydrogens (tertiary/aromatic N) is 6. The monoisotopic (exact) mass is 642 g/mol. The third kappa shape index (κ3) is 4.48. The van der Waals surface area contributed by atoms with Crippen LogP contribution in [0.25, 0.3) is 95.2 Å². The van der Waals surface area contributed by atoms with Crippen LogP contribution in [0.1, 0.15) is 0 Å². The summed E-state index contributed by atoms with van der Waals surface area (Å²) in [5.41, 5.74) is 8.36. The minimum Gasteiger partial charge on any atom is -0.452 e. The van der Waals surface area contributed by atoms with Gasteiger partial charge in [0.1, 0.15) is 11.1 Å². The number of hydrogen-bond acceptors (Lipinski definition) is 6. The second kappa shape index (κ2) is 11.3. The van der Waals surface area contributed by atoms with E-state index in [1.165, 1.54) is 0 Å². The van der Waals surface area contributed by atoms with Crippen LogP contribution in [0.2, 0.25) is 0 Å². The molecule has 4 aromatic heterocycles. The van der Waals surface area contributed by atoms with Crippen molar-refractivity contribution in [3.8, 4) is 51.4 Å². The zero-order chi connectivity index (χ0) is 33.0. The minimum absolute atomic E-state index is 0.407. The molecule has 0 radical (unpaired) electrons. The van der Waals surface area contributed by atoms with Crippen molar-refractivity contribution in [3.63, 3.8) is 0 Å². The zero-order valence-corrected chi connectivity index (χ0v) is 26.6. The van der Waals surface area contributed by atoms with E-state index in [1.807, 2.05) is 91.0 Å². The van der Waals surface area contributed by atoms with Gasteiger partial charge >= 0.3 is 0 Å². The largest absolute Gasteiger partial charge is 0.452 e. The topological polar surface area (TPSA) is 82.5 Å². The Morgan fingerprint density at radius 2 is 1.00 bits per heavy atom. The Kier molecular flexibility index (Phi) is 6.35. The summed E-state index contributed by atoms with van der Waals surface area (Å²) in [6.45, 7) is 0. The number of rotatable bonds is 5. The first-order chi connectivity index (χ1) is 24.8. The molecule has 0 aliphatic heterocycles. The van der Waals surface area contributed by atoms with Crippen molar-refractivity contribution in [1.29, 1.82) is 0 Å². The summed E-state index contributed by atoms with van der Waals surface area (Å²) in [7, 11) is 0. The van der Waals surface area contributed by atoms with Gasteiger partial charge in [0.05, 0.1) is 11.0 Å². The van der Waals surface area contributed by atoms with Gasteiger partial charge in [-0.2, -0.15) is 0 Å². The van der Waals surface area contributed by atoms with E-state index in [1.54, 1.807) is 0 Å². The van der Waals surface area contributed by atoms with Crippen LogP contribution in [-0.4, -0.2) is 29.5 Å². The maximum Gasteiger partial charge on any atom is 0.186 e. The normalized spacial score (nSPS) is 11.6. The summed E-state index contributed by atoms with van der Waals surface area (Å²) in [4.78, 5) is 25.5. The molecule has 0 atom stereocenters. The van der Waals surface area contributed by atoms with Crippen molar-refractivity contribution in [3.05, 3.63) is 158 Å². The lowest BCUT2D eigenvalue weighted by Gasteiger charge is -2.10. The molecule has 0 saturated heterocycles.